The Bertz CT molecular complexity index is 714. The maximum Gasteiger partial charge on any atom is 0.282 e. The number of anilines is 1. The summed E-state index contributed by atoms with van der Waals surface area (Å²) in [5.41, 5.74) is -0.211. The van der Waals surface area contributed by atoms with Crippen molar-refractivity contribution in [3.63, 3.8) is 0 Å². The predicted octanol–water partition coefficient (Wildman–Crippen LogP) is 2.17. The molecule has 0 spiro atoms. The number of halogens is 3. The number of nitrogens with one attached hydrogen (secondary N) is 1. The zero-order chi connectivity index (χ0) is 14.2. The summed E-state index contributed by atoms with van der Waals surface area (Å²) in [6.07, 6.45) is 0. The molecule has 2 rings (SSSR count). The number of aromatic nitrogens is 3. The van der Waals surface area contributed by atoms with Crippen LogP contribution in [-0.2, 0) is 17.1 Å². The lowest BCUT2D eigenvalue weighted by Crippen LogP contribution is -2.17. The molecule has 0 saturated carbocycles. The predicted molar refractivity (Wildman–Crippen MR) is 70.9 cm³/mol. The lowest BCUT2D eigenvalue weighted by Gasteiger charge is -2.08. The Labute approximate surface area is 121 Å². The number of aryl methyl sites for hydroxylation is 1. The van der Waals surface area contributed by atoms with Gasteiger partial charge in [0.15, 0.2) is 4.60 Å². The van der Waals surface area contributed by atoms with Crippen molar-refractivity contribution >= 4 is 43.2 Å². The molecule has 0 fully saturated rings. The van der Waals surface area contributed by atoms with Gasteiger partial charge >= 0.3 is 0 Å². The monoisotopic (exact) mass is 368 g/mol. The van der Waals surface area contributed by atoms with Crippen LogP contribution < -0.4 is 4.72 Å². The van der Waals surface area contributed by atoms with Gasteiger partial charge in [0.25, 0.3) is 10.0 Å². The Hall–Kier alpha value is -1.19. The lowest BCUT2D eigenvalue weighted by molar-refractivity contribution is 0.577. The molecule has 102 valence electrons. The minimum absolute atomic E-state index is 0.0388. The number of benzene rings is 1. The lowest BCUT2D eigenvalue weighted by atomic mass is 10.3. The van der Waals surface area contributed by atoms with E-state index in [-0.39, 0.29) is 20.3 Å². The van der Waals surface area contributed by atoms with Crippen LogP contribution >= 0.6 is 27.5 Å². The number of hydrogen-bond acceptors (Lipinski definition) is 4. The van der Waals surface area contributed by atoms with Gasteiger partial charge in [-0.25, -0.2) is 9.07 Å². The van der Waals surface area contributed by atoms with Crippen LogP contribution in [0.4, 0.5) is 10.1 Å². The number of sulfonamides is 1. The van der Waals surface area contributed by atoms with Crippen LogP contribution in [0.3, 0.4) is 0 Å². The molecule has 0 bridgehead atoms. The second-order valence-electron chi connectivity index (χ2n) is 3.54. The van der Waals surface area contributed by atoms with E-state index in [1.807, 2.05) is 0 Å². The molecule has 0 unspecified atom stereocenters. The summed E-state index contributed by atoms with van der Waals surface area (Å²) in [7, 11) is -2.60. The van der Waals surface area contributed by atoms with E-state index in [0.29, 0.717) is 0 Å². The second kappa shape index (κ2) is 5.06. The van der Waals surface area contributed by atoms with Crippen LogP contribution in [0.2, 0.25) is 5.02 Å². The average molecular weight is 370 g/mol. The van der Waals surface area contributed by atoms with Gasteiger partial charge in [-0.1, -0.05) is 16.8 Å². The topological polar surface area (TPSA) is 76.9 Å². The van der Waals surface area contributed by atoms with Gasteiger partial charge in [0.05, 0.1) is 5.69 Å². The van der Waals surface area contributed by atoms with Crippen molar-refractivity contribution < 1.29 is 12.8 Å². The molecule has 1 heterocycles. The second-order valence-corrected chi connectivity index (χ2v) is 6.32. The van der Waals surface area contributed by atoms with Crippen molar-refractivity contribution in [2.24, 2.45) is 7.05 Å². The number of rotatable bonds is 3. The van der Waals surface area contributed by atoms with Gasteiger partial charge < -0.3 is 0 Å². The van der Waals surface area contributed by atoms with Crippen LogP contribution in [0.15, 0.2) is 27.8 Å². The van der Waals surface area contributed by atoms with Crippen molar-refractivity contribution in [3.05, 3.63) is 33.6 Å². The average Bonchev–Trinajstić information content (AvgIpc) is 2.63. The third-order valence-corrected chi connectivity index (χ3v) is 4.65. The van der Waals surface area contributed by atoms with E-state index in [0.717, 1.165) is 10.7 Å². The van der Waals surface area contributed by atoms with Crippen molar-refractivity contribution in [2.45, 2.75) is 5.03 Å². The molecular weight excluding hydrogens is 363 g/mol. The van der Waals surface area contributed by atoms with E-state index in [1.165, 1.54) is 19.2 Å². The first-order valence-electron chi connectivity index (χ1n) is 4.84. The summed E-state index contributed by atoms with van der Waals surface area (Å²) in [5, 5.41) is 7.07. The Morgan fingerprint density at radius 2 is 2.16 bits per heavy atom. The van der Waals surface area contributed by atoms with Gasteiger partial charge in [0, 0.05) is 12.1 Å². The Balaban J connectivity index is 2.42. The van der Waals surface area contributed by atoms with Crippen LogP contribution in [-0.4, -0.2) is 23.4 Å². The molecule has 0 radical (unpaired) electrons. The summed E-state index contributed by atoms with van der Waals surface area (Å²) in [6, 6.07) is 3.61. The molecule has 0 atom stereocenters. The molecule has 2 aromatic rings. The minimum Gasteiger partial charge on any atom is -0.275 e. The molecule has 0 aliphatic rings. The molecule has 1 aromatic heterocycles. The highest BCUT2D eigenvalue weighted by Gasteiger charge is 2.24. The van der Waals surface area contributed by atoms with E-state index in [9.17, 15) is 12.8 Å². The highest BCUT2D eigenvalue weighted by molar-refractivity contribution is 9.10. The van der Waals surface area contributed by atoms with Gasteiger partial charge in [-0.15, -0.1) is 5.10 Å². The normalized spacial score (nSPS) is 11.6. The van der Waals surface area contributed by atoms with Crippen LogP contribution in [0.5, 0.6) is 0 Å². The molecule has 6 nitrogen and oxygen atoms in total. The van der Waals surface area contributed by atoms with Gasteiger partial charge in [-0.3, -0.25) is 4.72 Å². The van der Waals surface area contributed by atoms with Gasteiger partial charge in [0.2, 0.25) is 5.03 Å². The molecular formula is C9H7BrClFN4O2S. The van der Waals surface area contributed by atoms with Gasteiger partial charge in [-0.05, 0) is 34.1 Å². The Kier molecular flexibility index (Phi) is 3.79. The van der Waals surface area contributed by atoms with E-state index in [1.54, 1.807) is 0 Å². The molecule has 0 aliphatic heterocycles. The SMILES string of the molecule is Cn1nnc(Br)c1S(=O)(=O)Nc1ccc(Cl)cc1F. The first-order chi connectivity index (χ1) is 8.81. The Morgan fingerprint density at radius 3 is 2.68 bits per heavy atom. The molecule has 1 aromatic carbocycles. The minimum atomic E-state index is -4.01. The molecule has 0 amide bonds. The van der Waals surface area contributed by atoms with E-state index in [2.05, 4.69) is 31.0 Å². The van der Waals surface area contributed by atoms with Crippen LogP contribution in [0, 0.1) is 5.82 Å². The molecule has 1 N–H and O–H groups in total. The summed E-state index contributed by atoms with van der Waals surface area (Å²) < 4.78 is 41.0. The quantitative estimate of drug-likeness (QED) is 0.899. The van der Waals surface area contributed by atoms with Gasteiger partial charge in [-0.2, -0.15) is 8.42 Å². The molecule has 19 heavy (non-hydrogen) atoms. The molecule has 0 aliphatic carbocycles. The fourth-order valence-electron chi connectivity index (χ4n) is 1.37. The van der Waals surface area contributed by atoms with Gasteiger partial charge in [0.1, 0.15) is 5.82 Å². The third-order valence-electron chi connectivity index (χ3n) is 2.17. The summed E-state index contributed by atoms with van der Waals surface area (Å²) >= 11 is 8.56. The first-order valence-corrected chi connectivity index (χ1v) is 7.50. The summed E-state index contributed by atoms with van der Waals surface area (Å²) in [4.78, 5) is 0. The van der Waals surface area contributed by atoms with Crippen molar-refractivity contribution in [2.75, 3.05) is 4.72 Å². The number of nitrogens with zero attached hydrogens (tertiary/aromatic N) is 3. The fourth-order valence-corrected chi connectivity index (χ4v) is 3.70. The third kappa shape index (κ3) is 2.88. The fraction of sp³-hybridized carbons (Fsp3) is 0.111. The van der Waals surface area contributed by atoms with E-state index in [4.69, 9.17) is 11.6 Å². The molecule has 10 heteroatoms. The maximum atomic E-state index is 13.6. The Morgan fingerprint density at radius 1 is 1.47 bits per heavy atom. The van der Waals surface area contributed by atoms with Crippen LogP contribution in [0.1, 0.15) is 0 Å². The first kappa shape index (κ1) is 14.2. The summed E-state index contributed by atoms with van der Waals surface area (Å²) in [5.74, 6) is -0.776. The molecule has 0 saturated heterocycles. The highest BCUT2D eigenvalue weighted by atomic mass is 79.9. The standard InChI is InChI=1S/C9H7BrClFN4O2S/c1-16-9(8(10)13-15-16)19(17,18)14-7-3-2-5(11)4-6(7)12/h2-4,14H,1H3. The zero-order valence-electron chi connectivity index (χ0n) is 9.43. The van der Waals surface area contributed by atoms with Crippen LogP contribution in [0.25, 0.3) is 0 Å². The summed E-state index contributed by atoms with van der Waals surface area (Å²) in [6.45, 7) is 0. The van der Waals surface area contributed by atoms with Crippen molar-refractivity contribution in [1.82, 2.24) is 15.0 Å². The van der Waals surface area contributed by atoms with E-state index >= 15 is 0 Å². The number of hydrogen-bond donors (Lipinski definition) is 1. The zero-order valence-corrected chi connectivity index (χ0v) is 12.6. The largest absolute Gasteiger partial charge is 0.282 e. The van der Waals surface area contributed by atoms with Crippen molar-refractivity contribution in [1.29, 1.82) is 0 Å². The smallest absolute Gasteiger partial charge is 0.275 e. The highest BCUT2D eigenvalue weighted by Crippen LogP contribution is 2.24. The van der Waals surface area contributed by atoms with Crippen molar-refractivity contribution in [3.8, 4) is 0 Å². The maximum absolute atomic E-state index is 13.6. The van der Waals surface area contributed by atoms with E-state index < -0.39 is 15.8 Å².